The topological polar surface area (TPSA) is 88.0 Å². The number of nitrogens with zero attached hydrogens (tertiary/aromatic N) is 1. The maximum Gasteiger partial charge on any atom is 0.263 e. The second kappa shape index (κ2) is 9.53. The van der Waals surface area contributed by atoms with Gasteiger partial charge in [0.2, 0.25) is 0 Å². The van der Waals surface area contributed by atoms with Crippen molar-refractivity contribution in [2.24, 2.45) is 0 Å². The molecule has 2 aromatic rings. The summed E-state index contributed by atoms with van der Waals surface area (Å²) in [5.74, 6) is 0.223. The van der Waals surface area contributed by atoms with Crippen LogP contribution < -0.4 is 20.3 Å². The highest BCUT2D eigenvalue weighted by Gasteiger charge is 2.32. The first kappa shape index (κ1) is 22.8. The maximum absolute atomic E-state index is 13.0. The Morgan fingerprint density at radius 2 is 1.97 bits per heavy atom. The average molecular weight is 431 g/mol. The predicted octanol–water partition coefficient (Wildman–Crippen LogP) is 2.30. The minimum absolute atomic E-state index is 0.146. The summed E-state index contributed by atoms with van der Waals surface area (Å²) >= 11 is 0. The van der Waals surface area contributed by atoms with E-state index in [0.29, 0.717) is 36.6 Å². The molecule has 0 radical (unpaired) electrons. The number of hydrogen-bond acceptors (Lipinski definition) is 6. The van der Waals surface area contributed by atoms with E-state index in [2.05, 4.69) is 5.32 Å². The third-order valence-corrected chi connectivity index (χ3v) is 5.25. The van der Waals surface area contributed by atoms with Gasteiger partial charge in [-0.1, -0.05) is 6.07 Å². The summed E-state index contributed by atoms with van der Waals surface area (Å²) in [6.07, 6.45) is 2.08. The second-order valence-corrected chi connectivity index (χ2v) is 7.97. The Bertz CT molecular complexity index is 998. The van der Waals surface area contributed by atoms with Gasteiger partial charge in [-0.05, 0) is 56.5 Å². The molecule has 1 aromatic heterocycles. The smallest absolute Gasteiger partial charge is 0.263 e. The van der Waals surface area contributed by atoms with Crippen molar-refractivity contribution in [1.29, 1.82) is 0 Å². The third kappa shape index (κ3) is 5.45. The van der Waals surface area contributed by atoms with E-state index in [1.165, 1.54) is 0 Å². The van der Waals surface area contributed by atoms with Crippen LogP contribution in [0.4, 0.5) is 0 Å². The fourth-order valence-electron chi connectivity index (χ4n) is 3.56. The number of carbonyl (C=O) groups excluding carboxylic acids is 1. The molecule has 1 aliphatic heterocycles. The van der Waals surface area contributed by atoms with Gasteiger partial charge >= 0.3 is 0 Å². The minimum atomic E-state index is -0.658. The van der Waals surface area contributed by atoms with Crippen LogP contribution in [0.15, 0.2) is 35.3 Å². The van der Waals surface area contributed by atoms with Crippen LogP contribution in [0.5, 0.6) is 11.5 Å². The lowest BCUT2D eigenvalue weighted by Gasteiger charge is -2.17. The van der Waals surface area contributed by atoms with Crippen molar-refractivity contribution in [2.45, 2.75) is 45.6 Å². The number of ether oxygens (including phenoxy) is 4. The van der Waals surface area contributed by atoms with E-state index in [4.69, 9.17) is 18.9 Å². The van der Waals surface area contributed by atoms with E-state index in [0.717, 1.165) is 5.56 Å². The van der Waals surface area contributed by atoms with Gasteiger partial charge in [0, 0.05) is 19.3 Å². The summed E-state index contributed by atoms with van der Waals surface area (Å²) in [4.78, 5) is 25.7. The van der Waals surface area contributed by atoms with Gasteiger partial charge in [0.05, 0.1) is 20.8 Å². The molecule has 0 spiro atoms. The molecule has 1 N–H and O–H groups in total. The quantitative estimate of drug-likeness (QED) is 0.692. The molecule has 0 saturated carbocycles. The molecular formula is C23H30N2O6. The van der Waals surface area contributed by atoms with Gasteiger partial charge in [0.25, 0.3) is 11.5 Å². The second-order valence-electron chi connectivity index (χ2n) is 7.97. The van der Waals surface area contributed by atoms with Crippen molar-refractivity contribution < 1.29 is 23.7 Å². The van der Waals surface area contributed by atoms with Crippen molar-refractivity contribution in [2.75, 3.05) is 27.4 Å². The van der Waals surface area contributed by atoms with E-state index in [1.54, 1.807) is 38.0 Å². The number of amides is 1. The van der Waals surface area contributed by atoms with E-state index < -0.39 is 11.7 Å². The Hall–Kier alpha value is -2.84. The number of pyridine rings is 1. The third-order valence-electron chi connectivity index (χ3n) is 5.25. The number of aromatic nitrogens is 1. The first-order valence-corrected chi connectivity index (χ1v) is 10.2. The van der Waals surface area contributed by atoms with Crippen LogP contribution in [0.3, 0.4) is 0 Å². The van der Waals surface area contributed by atoms with Gasteiger partial charge in [-0.3, -0.25) is 9.59 Å². The number of nitrogens with one attached hydrogen (secondary N) is 1. The molecule has 2 heterocycles. The van der Waals surface area contributed by atoms with Crippen LogP contribution in [0.1, 0.15) is 35.3 Å². The van der Waals surface area contributed by atoms with E-state index in [1.807, 2.05) is 32.0 Å². The van der Waals surface area contributed by atoms with Crippen LogP contribution >= 0.6 is 0 Å². The minimum Gasteiger partial charge on any atom is -0.493 e. The van der Waals surface area contributed by atoms with Crippen LogP contribution in [-0.2, 0) is 22.4 Å². The van der Waals surface area contributed by atoms with Crippen molar-refractivity contribution >= 4 is 5.91 Å². The molecule has 3 rings (SSSR count). The molecular weight excluding hydrogens is 400 g/mol. The van der Waals surface area contributed by atoms with Gasteiger partial charge in [-0.15, -0.1) is 0 Å². The normalized spacial score (nSPS) is 17.4. The highest BCUT2D eigenvalue weighted by Crippen LogP contribution is 2.27. The van der Waals surface area contributed by atoms with Crippen molar-refractivity contribution in [3.05, 3.63) is 57.5 Å². The molecule has 8 heteroatoms. The fourth-order valence-corrected chi connectivity index (χ4v) is 3.56. The molecule has 1 saturated heterocycles. The lowest BCUT2D eigenvalue weighted by atomic mass is 10.1. The summed E-state index contributed by atoms with van der Waals surface area (Å²) < 4.78 is 23.4. The molecule has 31 heavy (non-hydrogen) atoms. The van der Waals surface area contributed by atoms with Crippen LogP contribution in [-0.4, -0.2) is 49.7 Å². The molecule has 0 bridgehead atoms. The number of methoxy groups -OCH3 is 2. The van der Waals surface area contributed by atoms with Gasteiger partial charge in [0.1, 0.15) is 11.7 Å². The first-order chi connectivity index (χ1) is 14.7. The summed E-state index contributed by atoms with van der Waals surface area (Å²) in [7, 11) is 3.17. The molecule has 168 valence electrons. The molecule has 1 fully saturated rings. The molecule has 1 atom stereocenters. The van der Waals surface area contributed by atoms with E-state index >= 15 is 0 Å². The average Bonchev–Trinajstić information content (AvgIpc) is 3.10. The van der Waals surface area contributed by atoms with Crippen LogP contribution in [0.2, 0.25) is 0 Å². The number of carbonyl (C=O) groups is 1. The van der Waals surface area contributed by atoms with Crippen LogP contribution in [0, 0.1) is 6.92 Å². The maximum atomic E-state index is 13.0. The zero-order valence-corrected chi connectivity index (χ0v) is 18.7. The van der Waals surface area contributed by atoms with E-state index in [-0.39, 0.29) is 23.8 Å². The number of aryl methyl sites for hydroxylation is 3. The van der Waals surface area contributed by atoms with E-state index in [9.17, 15) is 9.59 Å². The molecule has 1 aliphatic rings. The standard InChI is InChI=1S/C23H30N2O6/c1-15-8-10-25(11-9-16-6-7-18(28-4)19(12-16)29-5)22(27)20(15)21(26)24-13-17-14-30-23(2,3)31-17/h6-8,10,12,17H,9,11,13-14H2,1-5H3,(H,24,26)/t17-/m0/s1. The summed E-state index contributed by atoms with van der Waals surface area (Å²) in [5.41, 5.74) is 1.46. The lowest BCUT2D eigenvalue weighted by Crippen LogP contribution is -2.38. The Labute approximate surface area is 182 Å². The molecule has 1 amide bonds. The SMILES string of the molecule is COc1ccc(CCn2ccc(C)c(C(=O)NC[C@H]3COC(C)(C)O3)c2=O)cc1OC. The summed E-state index contributed by atoms with van der Waals surface area (Å²) in [6.45, 7) is 6.52. The Kier molecular flexibility index (Phi) is 7.02. The van der Waals surface area contributed by atoms with Gasteiger partial charge in [-0.2, -0.15) is 0 Å². The number of rotatable bonds is 8. The van der Waals surface area contributed by atoms with Crippen molar-refractivity contribution in [3.8, 4) is 11.5 Å². The number of hydrogen-bond donors (Lipinski definition) is 1. The molecule has 1 aromatic carbocycles. The monoisotopic (exact) mass is 430 g/mol. The Balaban J connectivity index is 1.69. The van der Waals surface area contributed by atoms with Crippen molar-refractivity contribution in [3.63, 3.8) is 0 Å². The fraction of sp³-hybridized carbons (Fsp3) is 0.478. The van der Waals surface area contributed by atoms with Gasteiger partial charge in [0.15, 0.2) is 17.3 Å². The molecule has 0 aliphatic carbocycles. The highest BCUT2D eigenvalue weighted by molar-refractivity contribution is 5.95. The number of benzene rings is 1. The molecule has 0 unspecified atom stereocenters. The van der Waals surface area contributed by atoms with Crippen LogP contribution in [0.25, 0.3) is 0 Å². The molecule has 8 nitrogen and oxygen atoms in total. The Morgan fingerprint density at radius 1 is 1.23 bits per heavy atom. The summed E-state index contributed by atoms with van der Waals surface area (Å²) in [6, 6.07) is 7.43. The zero-order chi connectivity index (χ0) is 22.6. The lowest BCUT2D eigenvalue weighted by molar-refractivity contribution is -0.137. The Morgan fingerprint density at radius 3 is 2.61 bits per heavy atom. The predicted molar refractivity (Wildman–Crippen MR) is 116 cm³/mol. The highest BCUT2D eigenvalue weighted by atomic mass is 16.7. The first-order valence-electron chi connectivity index (χ1n) is 10.2. The van der Waals surface area contributed by atoms with Crippen molar-refractivity contribution in [1.82, 2.24) is 9.88 Å². The zero-order valence-electron chi connectivity index (χ0n) is 18.7. The van der Waals surface area contributed by atoms with Gasteiger partial charge < -0.3 is 28.8 Å². The van der Waals surface area contributed by atoms with Gasteiger partial charge in [-0.25, -0.2) is 0 Å². The largest absolute Gasteiger partial charge is 0.493 e. The summed E-state index contributed by atoms with van der Waals surface area (Å²) in [5, 5.41) is 2.80.